The molecule has 2 unspecified atom stereocenters. The lowest BCUT2D eigenvalue weighted by Crippen LogP contribution is -2.55. The number of hydrogen-bond acceptors (Lipinski definition) is 6. The Balaban J connectivity index is 1.72. The Bertz CT molecular complexity index is 1140. The molecule has 41 heavy (non-hydrogen) atoms. The van der Waals surface area contributed by atoms with Gasteiger partial charge in [0.15, 0.2) is 0 Å². The average Bonchev–Trinajstić information content (AvgIpc) is 3.52. The van der Waals surface area contributed by atoms with Crippen molar-refractivity contribution in [2.24, 2.45) is 11.8 Å². The van der Waals surface area contributed by atoms with E-state index in [0.717, 1.165) is 31.4 Å². The van der Waals surface area contributed by atoms with Crippen molar-refractivity contribution >= 4 is 35.2 Å². The minimum Gasteiger partial charge on any atom is -0.494 e. The molecule has 4 rings (SSSR count). The maximum atomic E-state index is 14.5. The van der Waals surface area contributed by atoms with Gasteiger partial charge >= 0.3 is 0 Å². The molecule has 0 radical (unpaired) electrons. The Morgan fingerprint density at radius 3 is 2.44 bits per heavy atom. The Labute approximate surface area is 248 Å². The van der Waals surface area contributed by atoms with E-state index in [1.54, 1.807) is 38.6 Å². The lowest BCUT2D eigenvalue weighted by Gasteiger charge is -2.38. The summed E-state index contributed by atoms with van der Waals surface area (Å²) in [7, 11) is 0. The number of carbonyl (C=O) groups is 3. The van der Waals surface area contributed by atoms with Crippen LogP contribution in [-0.2, 0) is 14.4 Å². The number of unbranched alkanes of at least 4 members (excludes halogenated alkanes) is 2. The van der Waals surface area contributed by atoms with Gasteiger partial charge < -0.3 is 24.5 Å². The number of rotatable bonds is 15. The van der Waals surface area contributed by atoms with Crippen molar-refractivity contribution in [1.82, 2.24) is 9.80 Å². The first-order chi connectivity index (χ1) is 19.7. The van der Waals surface area contributed by atoms with Gasteiger partial charge in [-0.3, -0.25) is 14.4 Å². The summed E-state index contributed by atoms with van der Waals surface area (Å²) in [6.45, 7) is 15.5. The molecule has 1 spiro atoms. The zero-order valence-corrected chi connectivity index (χ0v) is 25.5. The number of amides is 3. The molecule has 2 bridgehead atoms. The fourth-order valence-corrected chi connectivity index (χ4v) is 9.45. The highest BCUT2D eigenvalue weighted by atomic mass is 32.2. The largest absolute Gasteiger partial charge is 0.494 e. The van der Waals surface area contributed by atoms with E-state index in [0.29, 0.717) is 38.3 Å². The molecule has 0 aromatic heterocycles. The standard InChI is InChI=1S/C32H45N3O5S/c1-6-10-11-20-33(18-7-2)30(39)27-32-17-16-31(5,41-32)25(26(32)29(38)35(27)21-22-36)28(37)34(19-8-3)23-12-14-24(15-13-23)40-9-4/h7-8,12-15,25-27,36H,2-3,6,9-11,16-22H2,1,4-5H3/t25-,26-,27?,31+,32?/m0/s1. The molecule has 9 heteroatoms. The molecule has 5 atom stereocenters. The summed E-state index contributed by atoms with van der Waals surface area (Å²) in [6, 6.07) is 6.67. The normalized spacial score (nSPS) is 28.0. The summed E-state index contributed by atoms with van der Waals surface area (Å²) in [5.74, 6) is -0.970. The fourth-order valence-electron chi connectivity index (χ4n) is 7.11. The summed E-state index contributed by atoms with van der Waals surface area (Å²) < 4.78 is 4.37. The molecule has 3 aliphatic heterocycles. The fraction of sp³-hybridized carbons (Fsp3) is 0.594. The van der Waals surface area contributed by atoms with Crippen LogP contribution in [0.5, 0.6) is 5.75 Å². The van der Waals surface area contributed by atoms with E-state index in [9.17, 15) is 19.5 Å². The maximum absolute atomic E-state index is 14.5. The third-order valence-electron chi connectivity index (χ3n) is 8.85. The van der Waals surface area contributed by atoms with Crippen molar-refractivity contribution in [1.29, 1.82) is 0 Å². The number of β-amino-alcohol motifs (C(OH)–C–C–N with tert-alkyl or cyclic N) is 1. The molecule has 8 nitrogen and oxygen atoms in total. The van der Waals surface area contributed by atoms with Gasteiger partial charge in [0.2, 0.25) is 17.7 Å². The third kappa shape index (κ3) is 5.55. The molecule has 3 heterocycles. The number of nitrogens with zero attached hydrogens (tertiary/aromatic N) is 3. The predicted octanol–water partition coefficient (Wildman–Crippen LogP) is 4.28. The van der Waals surface area contributed by atoms with Gasteiger partial charge in [-0.05, 0) is 57.4 Å². The third-order valence-corrected chi connectivity index (χ3v) is 10.8. The van der Waals surface area contributed by atoms with Crippen molar-refractivity contribution in [2.75, 3.05) is 44.3 Å². The monoisotopic (exact) mass is 583 g/mol. The van der Waals surface area contributed by atoms with Gasteiger partial charge in [0.05, 0.1) is 29.8 Å². The van der Waals surface area contributed by atoms with Crippen LogP contribution < -0.4 is 9.64 Å². The first-order valence-electron chi connectivity index (χ1n) is 14.9. The highest BCUT2D eigenvalue weighted by Gasteiger charge is 2.77. The summed E-state index contributed by atoms with van der Waals surface area (Å²) >= 11 is 1.65. The van der Waals surface area contributed by atoms with Crippen molar-refractivity contribution in [3.63, 3.8) is 0 Å². The number of aliphatic hydroxyl groups excluding tert-OH is 1. The number of anilines is 1. The smallest absolute Gasteiger partial charge is 0.247 e. The van der Waals surface area contributed by atoms with Crippen LogP contribution in [-0.4, -0.2) is 87.6 Å². The number of benzene rings is 1. The molecule has 1 aromatic carbocycles. The molecule has 0 saturated carbocycles. The first kappa shape index (κ1) is 31.2. The number of ether oxygens (including phenoxy) is 1. The van der Waals surface area contributed by atoms with Crippen LogP contribution in [0.2, 0.25) is 0 Å². The SMILES string of the molecule is C=CCN(CCCCC)C(=O)C1N(CCO)C(=O)[C@@H]2[C@@H](C(=O)N(CC=C)c3ccc(OCC)cc3)[C@@]3(C)CCC12S3. The topological polar surface area (TPSA) is 90.4 Å². The van der Waals surface area contributed by atoms with E-state index in [-0.39, 0.29) is 30.9 Å². The van der Waals surface area contributed by atoms with E-state index in [1.165, 1.54) is 0 Å². The Hall–Kier alpha value is -2.78. The zero-order valence-electron chi connectivity index (χ0n) is 24.7. The molecule has 0 aliphatic carbocycles. The summed E-state index contributed by atoms with van der Waals surface area (Å²) in [6.07, 6.45) is 7.74. The van der Waals surface area contributed by atoms with Crippen LogP contribution in [0.15, 0.2) is 49.6 Å². The molecule has 3 aliphatic rings. The number of hydrogen-bond donors (Lipinski definition) is 1. The Morgan fingerprint density at radius 1 is 1.12 bits per heavy atom. The van der Waals surface area contributed by atoms with E-state index in [1.807, 2.05) is 31.2 Å². The van der Waals surface area contributed by atoms with E-state index < -0.39 is 27.4 Å². The van der Waals surface area contributed by atoms with Crippen molar-refractivity contribution in [3.8, 4) is 5.75 Å². The molecule has 3 saturated heterocycles. The Morgan fingerprint density at radius 2 is 1.83 bits per heavy atom. The van der Waals surface area contributed by atoms with Gasteiger partial charge in [-0.2, -0.15) is 0 Å². The predicted molar refractivity (Wildman–Crippen MR) is 164 cm³/mol. The van der Waals surface area contributed by atoms with E-state index >= 15 is 0 Å². The minimum absolute atomic E-state index is 0.0673. The number of fused-ring (bicyclic) bond motifs is 1. The first-order valence-corrected chi connectivity index (χ1v) is 15.7. The van der Waals surface area contributed by atoms with Crippen LogP contribution in [0.3, 0.4) is 0 Å². The summed E-state index contributed by atoms with van der Waals surface area (Å²) in [5.41, 5.74) is 0.710. The Kier molecular flexibility index (Phi) is 9.90. The van der Waals surface area contributed by atoms with Crippen molar-refractivity contribution < 1.29 is 24.2 Å². The molecule has 3 fully saturated rings. The quantitative estimate of drug-likeness (QED) is 0.245. The van der Waals surface area contributed by atoms with Crippen molar-refractivity contribution in [3.05, 3.63) is 49.6 Å². The van der Waals surface area contributed by atoms with Crippen LogP contribution in [0.25, 0.3) is 0 Å². The number of thioether (sulfide) groups is 1. The van der Waals surface area contributed by atoms with Crippen LogP contribution in [0.1, 0.15) is 52.9 Å². The van der Waals surface area contributed by atoms with Crippen molar-refractivity contribution in [2.45, 2.75) is 68.4 Å². The second kappa shape index (κ2) is 13.0. The lowest BCUT2D eigenvalue weighted by molar-refractivity contribution is -0.143. The average molecular weight is 584 g/mol. The second-order valence-corrected chi connectivity index (χ2v) is 13.3. The number of aliphatic hydroxyl groups is 1. The van der Waals surface area contributed by atoms with Gasteiger partial charge in [0.1, 0.15) is 11.8 Å². The molecule has 1 aromatic rings. The highest BCUT2D eigenvalue weighted by molar-refractivity contribution is 8.02. The van der Waals surface area contributed by atoms with Gasteiger partial charge in [0, 0.05) is 36.6 Å². The molecule has 224 valence electrons. The molecular weight excluding hydrogens is 538 g/mol. The summed E-state index contributed by atoms with van der Waals surface area (Å²) in [4.78, 5) is 48.0. The van der Waals surface area contributed by atoms with E-state index in [2.05, 4.69) is 27.0 Å². The highest BCUT2D eigenvalue weighted by Crippen LogP contribution is 2.71. The van der Waals surface area contributed by atoms with Crippen LogP contribution in [0, 0.1) is 11.8 Å². The molecule has 3 amide bonds. The van der Waals surface area contributed by atoms with E-state index in [4.69, 9.17) is 4.74 Å². The maximum Gasteiger partial charge on any atom is 0.247 e. The molecular formula is C32H45N3O5S. The number of carbonyl (C=O) groups excluding carboxylic acids is 3. The number of likely N-dealkylation sites (tertiary alicyclic amines) is 1. The molecule has 1 N–H and O–H groups in total. The zero-order chi connectivity index (χ0) is 29.8. The van der Waals surface area contributed by atoms with Gasteiger partial charge in [-0.15, -0.1) is 24.9 Å². The van der Waals surface area contributed by atoms with Gasteiger partial charge in [0.25, 0.3) is 0 Å². The van der Waals surface area contributed by atoms with Crippen LogP contribution >= 0.6 is 11.8 Å². The minimum atomic E-state index is -0.725. The lowest BCUT2D eigenvalue weighted by atomic mass is 9.66. The van der Waals surface area contributed by atoms with Crippen LogP contribution in [0.4, 0.5) is 5.69 Å². The van der Waals surface area contributed by atoms with Gasteiger partial charge in [-0.1, -0.05) is 31.9 Å². The second-order valence-electron chi connectivity index (χ2n) is 11.4. The van der Waals surface area contributed by atoms with Gasteiger partial charge in [-0.25, -0.2) is 0 Å². The summed E-state index contributed by atoms with van der Waals surface area (Å²) in [5, 5.41) is 9.94.